The number of carboxylic acid groups (broad SMARTS) is 1. The Labute approximate surface area is 121 Å². The van der Waals surface area contributed by atoms with E-state index in [2.05, 4.69) is 6.92 Å². The van der Waals surface area contributed by atoms with Crippen molar-refractivity contribution in [3.63, 3.8) is 0 Å². The van der Waals surface area contributed by atoms with Gasteiger partial charge in [0.1, 0.15) is 0 Å². The van der Waals surface area contributed by atoms with Crippen molar-refractivity contribution in [1.29, 1.82) is 0 Å². The quantitative estimate of drug-likeness (QED) is 0.502. The summed E-state index contributed by atoms with van der Waals surface area (Å²) in [6, 6.07) is 0. The lowest BCUT2D eigenvalue weighted by Crippen LogP contribution is -2.35. The molecule has 0 amide bonds. The molecule has 0 bridgehead atoms. The maximum absolute atomic E-state index is 12.0. The van der Waals surface area contributed by atoms with Gasteiger partial charge in [0.15, 0.2) is 0 Å². The summed E-state index contributed by atoms with van der Waals surface area (Å²) >= 11 is 0. The Morgan fingerprint density at radius 3 is 2.20 bits per heavy atom. The molecule has 2 N–H and O–H groups in total. The fourth-order valence-corrected chi connectivity index (χ4v) is 3.38. The molecule has 0 aromatic heterocycles. The topological polar surface area (TPSA) is 94.9 Å². The normalized spacial score (nSPS) is 11.9. The van der Waals surface area contributed by atoms with Crippen LogP contribution in [0.2, 0.25) is 0 Å². The molecule has 0 aliphatic rings. The first-order chi connectivity index (χ1) is 9.44. The van der Waals surface area contributed by atoms with Crippen molar-refractivity contribution in [2.75, 3.05) is 25.4 Å². The Bertz CT molecular complexity index is 356. The number of hydrogen-bond acceptors (Lipinski definition) is 4. The Morgan fingerprint density at radius 2 is 1.65 bits per heavy atom. The molecule has 0 saturated carbocycles. The van der Waals surface area contributed by atoms with E-state index >= 15 is 0 Å². The van der Waals surface area contributed by atoms with Crippen LogP contribution in [0.5, 0.6) is 0 Å². The molecule has 0 heterocycles. The van der Waals surface area contributed by atoms with Gasteiger partial charge in [0.05, 0.1) is 12.2 Å². The van der Waals surface area contributed by atoms with Crippen molar-refractivity contribution < 1.29 is 23.4 Å². The maximum atomic E-state index is 12.0. The highest BCUT2D eigenvalue weighted by Gasteiger charge is 2.22. The third-order valence-electron chi connectivity index (χ3n) is 3.04. The zero-order valence-corrected chi connectivity index (χ0v) is 13.1. The molecule has 6 nitrogen and oxygen atoms in total. The van der Waals surface area contributed by atoms with E-state index in [1.54, 1.807) is 0 Å². The lowest BCUT2D eigenvalue weighted by molar-refractivity contribution is -0.136. The van der Waals surface area contributed by atoms with Crippen LogP contribution in [0.3, 0.4) is 0 Å². The number of rotatable bonds is 13. The van der Waals surface area contributed by atoms with Crippen molar-refractivity contribution >= 4 is 16.0 Å². The summed E-state index contributed by atoms with van der Waals surface area (Å²) in [5.41, 5.74) is 0. The zero-order chi connectivity index (χ0) is 15.4. The van der Waals surface area contributed by atoms with Gasteiger partial charge in [-0.3, -0.25) is 4.79 Å². The summed E-state index contributed by atoms with van der Waals surface area (Å²) in [4.78, 5) is 10.5. The van der Waals surface area contributed by atoms with Crippen LogP contribution in [0.4, 0.5) is 0 Å². The number of hydrogen-bond donors (Lipinski definition) is 2. The highest BCUT2D eigenvalue weighted by molar-refractivity contribution is 7.89. The first kappa shape index (κ1) is 19.3. The van der Waals surface area contributed by atoms with E-state index in [-0.39, 0.29) is 25.3 Å². The first-order valence-corrected chi connectivity index (χ1v) is 8.85. The smallest absolute Gasteiger partial charge is 0.304 e. The van der Waals surface area contributed by atoms with Gasteiger partial charge in [0, 0.05) is 19.7 Å². The SMILES string of the molecule is CCCCCCCN(CCCO)S(=O)(=O)CCC(=O)O. The number of carbonyl (C=O) groups is 1. The minimum absolute atomic E-state index is 0.0687. The average Bonchev–Trinajstić information content (AvgIpc) is 2.39. The molecule has 0 spiro atoms. The first-order valence-electron chi connectivity index (χ1n) is 7.24. The highest BCUT2D eigenvalue weighted by atomic mass is 32.2. The third kappa shape index (κ3) is 9.28. The number of aliphatic carboxylic acids is 1. The van der Waals surface area contributed by atoms with Crippen LogP contribution in [0.1, 0.15) is 51.9 Å². The summed E-state index contributed by atoms with van der Waals surface area (Å²) in [5.74, 6) is -1.48. The van der Waals surface area contributed by atoms with E-state index in [1.807, 2.05) is 0 Å². The van der Waals surface area contributed by atoms with Gasteiger partial charge in [0.25, 0.3) is 0 Å². The molecule has 0 aliphatic carbocycles. The highest BCUT2D eigenvalue weighted by Crippen LogP contribution is 2.09. The summed E-state index contributed by atoms with van der Waals surface area (Å²) in [5, 5.41) is 17.4. The molecule has 0 unspecified atom stereocenters. The monoisotopic (exact) mass is 309 g/mol. The van der Waals surface area contributed by atoms with Crippen LogP contribution in [0.25, 0.3) is 0 Å². The van der Waals surface area contributed by atoms with Crippen LogP contribution in [-0.2, 0) is 14.8 Å². The number of sulfonamides is 1. The molecule has 120 valence electrons. The van der Waals surface area contributed by atoms with Gasteiger partial charge in [-0.05, 0) is 12.8 Å². The van der Waals surface area contributed by atoms with Crippen LogP contribution in [-0.4, -0.2) is 54.4 Å². The van der Waals surface area contributed by atoms with Crippen molar-refractivity contribution in [3.8, 4) is 0 Å². The van der Waals surface area contributed by atoms with E-state index < -0.39 is 16.0 Å². The summed E-state index contributed by atoms with van der Waals surface area (Å²) in [7, 11) is -3.54. The molecule has 0 aromatic carbocycles. The second-order valence-electron chi connectivity index (χ2n) is 4.85. The molecule has 0 fully saturated rings. The van der Waals surface area contributed by atoms with Crippen molar-refractivity contribution in [2.24, 2.45) is 0 Å². The lowest BCUT2D eigenvalue weighted by Gasteiger charge is -2.21. The minimum Gasteiger partial charge on any atom is -0.481 e. The van der Waals surface area contributed by atoms with Crippen molar-refractivity contribution in [2.45, 2.75) is 51.9 Å². The van der Waals surface area contributed by atoms with Gasteiger partial charge >= 0.3 is 5.97 Å². The maximum Gasteiger partial charge on any atom is 0.304 e. The number of aliphatic hydroxyl groups is 1. The second-order valence-corrected chi connectivity index (χ2v) is 6.94. The van der Waals surface area contributed by atoms with Gasteiger partial charge in [-0.25, -0.2) is 12.7 Å². The lowest BCUT2D eigenvalue weighted by atomic mass is 10.1. The van der Waals surface area contributed by atoms with Gasteiger partial charge < -0.3 is 10.2 Å². The Balaban J connectivity index is 4.33. The van der Waals surface area contributed by atoms with E-state index in [0.29, 0.717) is 13.0 Å². The minimum atomic E-state index is -3.54. The zero-order valence-electron chi connectivity index (χ0n) is 12.3. The largest absolute Gasteiger partial charge is 0.481 e. The van der Waals surface area contributed by atoms with E-state index in [0.717, 1.165) is 32.1 Å². The van der Waals surface area contributed by atoms with Gasteiger partial charge in [0.2, 0.25) is 10.0 Å². The van der Waals surface area contributed by atoms with Gasteiger partial charge in [-0.15, -0.1) is 0 Å². The molecule has 0 atom stereocenters. The third-order valence-corrected chi connectivity index (χ3v) is 4.92. The van der Waals surface area contributed by atoms with E-state index in [1.165, 1.54) is 4.31 Å². The molecule has 0 rings (SSSR count). The summed E-state index contributed by atoms with van der Waals surface area (Å²) in [6.45, 7) is 2.71. The van der Waals surface area contributed by atoms with Crippen molar-refractivity contribution in [1.82, 2.24) is 4.31 Å². The predicted octanol–water partition coefficient (Wildman–Crippen LogP) is 1.45. The molecule has 0 aliphatic heterocycles. The Kier molecular flexibility index (Phi) is 10.7. The average molecular weight is 309 g/mol. The fourth-order valence-electron chi connectivity index (χ4n) is 1.87. The number of nitrogens with zero attached hydrogens (tertiary/aromatic N) is 1. The molecule has 0 radical (unpaired) electrons. The number of carboxylic acids is 1. The van der Waals surface area contributed by atoms with Crippen LogP contribution < -0.4 is 0 Å². The van der Waals surface area contributed by atoms with Crippen LogP contribution in [0.15, 0.2) is 0 Å². The summed E-state index contributed by atoms with van der Waals surface area (Å²) < 4.78 is 25.4. The number of unbranched alkanes of at least 4 members (excludes halogenated alkanes) is 4. The summed E-state index contributed by atoms with van der Waals surface area (Å²) in [6.07, 6.45) is 5.09. The molecule has 20 heavy (non-hydrogen) atoms. The van der Waals surface area contributed by atoms with Crippen LogP contribution >= 0.6 is 0 Å². The fraction of sp³-hybridized carbons (Fsp3) is 0.923. The second kappa shape index (κ2) is 11.0. The molecule has 0 saturated heterocycles. The number of aliphatic hydroxyl groups excluding tert-OH is 1. The molecule has 0 aromatic rings. The van der Waals surface area contributed by atoms with Crippen molar-refractivity contribution in [3.05, 3.63) is 0 Å². The standard InChI is InChI=1S/C13H27NO5S/c1-2-3-4-5-6-9-14(10-7-11-15)20(18,19)12-8-13(16)17/h15H,2-12H2,1H3,(H,16,17). The molecular weight excluding hydrogens is 282 g/mol. The Morgan fingerprint density at radius 1 is 1.05 bits per heavy atom. The molecular formula is C13H27NO5S. The molecule has 7 heteroatoms. The van der Waals surface area contributed by atoms with Gasteiger partial charge in [-0.2, -0.15) is 0 Å². The van der Waals surface area contributed by atoms with E-state index in [4.69, 9.17) is 10.2 Å². The Hall–Kier alpha value is -0.660. The van der Waals surface area contributed by atoms with Crippen LogP contribution in [0, 0.1) is 0 Å². The van der Waals surface area contributed by atoms with E-state index in [9.17, 15) is 13.2 Å². The predicted molar refractivity (Wildman–Crippen MR) is 78.1 cm³/mol. The van der Waals surface area contributed by atoms with Gasteiger partial charge in [-0.1, -0.05) is 32.6 Å².